The van der Waals surface area contributed by atoms with E-state index in [1.165, 1.54) is 4.88 Å². The molecule has 0 unspecified atom stereocenters. The Morgan fingerprint density at radius 1 is 1.23 bits per heavy atom. The molecule has 22 heavy (non-hydrogen) atoms. The fraction of sp³-hybridized carbons (Fsp3) is 0.294. The summed E-state index contributed by atoms with van der Waals surface area (Å²) < 4.78 is 0. The van der Waals surface area contributed by atoms with Gasteiger partial charge in [0.25, 0.3) is 5.91 Å². The van der Waals surface area contributed by atoms with Gasteiger partial charge < -0.3 is 10.6 Å². The normalized spacial score (nSPS) is 10.3. The van der Waals surface area contributed by atoms with E-state index in [9.17, 15) is 9.59 Å². The van der Waals surface area contributed by atoms with Gasteiger partial charge in [0.2, 0.25) is 5.91 Å². The highest BCUT2D eigenvalue weighted by Gasteiger charge is 2.09. The topological polar surface area (TPSA) is 58.2 Å². The third kappa shape index (κ3) is 4.43. The first-order valence-corrected chi connectivity index (χ1v) is 8.13. The summed E-state index contributed by atoms with van der Waals surface area (Å²) >= 11 is 1.71. The molecule has 0 radical (unpaired) electrons. The highest BCUT2D eigenvalue weighted by molar-refractivity contribution is 7.09. The van der Waals surface area contributed by atoms with Crippen LogP contribution in [0.2, 0.25) is 0 Å². The first-order valence-electron chi connectivity index (χ1n) is 7.25. The molecule has 0 saturated carbocycles. The lowest BCUT2D eigenvalue weighted by molar-refractivity contribution is -0.116. The average molecular weight is 316 g/mol. The molecule has 1 heterocycles. The number of rotatable bonds is 6. The van der Waals surface area contributed by atoms with Gasteiger partial charge in [0.1, 0.15) is 0 Å². The van der Waals surface area contributed by atoms with Crippen molar-refractivity contribution < 1.29 is 9.59 Å². The minimum absolute atomic E-state index is 0.0197. The number of hydrogen-bond donors (Lipinski definition) is 2. The van der Waals surface area contributed by atoms with Crippen LogP contribution in [0, 0.1) is 6.92 Å². The monoisotopic (exact) mass is 316 g/mol. The van der Waals surface area contributed by atoms with Crippen LogP contribution in [0.3, 0.4) is 0 Å². The second-order valence-electron chi connectivity index (χ2n) is 5.09. The smallest absolute Gasteiger partial charge is 0.251 e. The molecule has 2 aromatic rings. The Morgan fingerprint density at radius 3 is 2.73 bits per heavy atom. The largest absolute Gasteiger partial charge is 0.355 e. The molecule has 1 aromatic heterocycles. The van der Waals surface area contributed by atoms with Crippen LogP contribution in [0.25, 0.3) is 0 Å². The molecule has 2 amide bonds. The molecular weight excluding hydrogens is 296 g/mol. The summed E-state index contributed by atoms with van der Waals surface area (Å²) in [6.45, 7) is 1.91. The molecule has 0 spiro atoms. The fourth-order valence-electron chi connectivity index (χ4n) is 2.13. The van der Waals surface area contributed by atoms with Crippen molar-refractivity contribution in [3.63, 3.8) is 0 Å². The molecule has 0 atom stereocenters. The average Bonchev–Trinajstić information content (AvgIpc) is 3.02. The number of nitrogens with one attached hydrogen (secondary N) is 2. The summed E-state index contributed by atoms with van der Waals surface area (Å²) in [6.07, 6.45) is 2.21. The zero-order valence-corrected chi connectivity index (χ0v) is 13.6. The Morgan fingerprint density at radius 2 is 2.05 bits per heavy atom. The van der Waals surface area contributed by atoms with Gasteiger partial charge in [-0.3, -0.25) is 9.59 Å². The molecule has 2 N–H and O–H groups in total. The summed E-state index contributed by atoms with van der Waals surface area (Å²) in [7, 11) is 1.59. The molecule has 4 nitrogen and oxygen atoms in total. The number of thiophene rings is 1. The highest BCUT2D eigenvalue weighted by atomic mass is 32.1. The van der Waals surface area contributed by atoms with E-state index in [1.807, 2.05) is 24.4 Å². The number of aryl methyl sites for hydroxylation is 2. The molecule has 0 bridgehead atoms. The van der Waals surface area contributed by atoms with Crippen LogP contribution >= 0.6 is 11.3 Å². The van der Waals surface area contributed by atoms with Crippen molar-refractivity contribution >= 4 is 28.8 Å². The Bertz CT molecular complexity index is 651. The van der Waals surface area contributed by atoms with Crippen molar-refractivity contribution in [3.8, 4) is 0 Å². The van der Waals surface area contributed by atoms with Crippen LogP contribution in [0.15, 0.2) is 35.7 Å². The molecule has 1 aromatic carbocycles. The summed E-state index contributed by atoms with van der Waals surface area (Å²) in [5, 5.41) is 7.52. The van der Waals surface area contributed by atoms with Crippen molar-refractivity contribution in [1.82, 2.24) is 5.32 Å². The van der Waals surface area contributed by atoms with Gasteiger partial charge in [0.05, 0.1) is 0 Å². The van der Waals surface area contributed by atoms with Crippen LogP contribution in [-0.4, -0.2) is 18.9 Å². The lowest BCUT2D eigenvalue weighted by Crippen LogP contribution is -2.19. The number of carbonyl (C=O) groups is 2. The zero-order chi connectivity index (χ0) is 15.9. The lowest BCUT2D eigenvalue weighted by atomic mass is 10.1. The molecule has 0 aliphatic carbocycles. The predicted molar refractivity (Wildman–Crippen MR) is 90.5 cm³/mol. The molecular formula is C17H20N2O2S. The Hall–Kier alpha value is -2.14. The van der Waals surface area contributed by atoms with E-state index in [-0.39, 0.29) is 11.8 Å². The van der Waals surface area contributed by atoms with E-state index in [1.54, 1.807) is 30.5 Å². The fourth-order valence-corrected chi connectivity index (χ4v) is 2.88. The Labute approximate surface area is 134 Å². The third-order valence-corrected chi connectivity index (χ3v) is 4.34. The van der Waals surface area contributed by atoms with Gasteiger partial charge in [0, 0.05) is 29.6 Å². The third-order valence-electron chi connectivity index (χ3n) is 3.41. The van der Waals surface area contributed by atoms with E-state index in [0.717, 1.165) is 18.4 Å². The van der Waals surface area contributed by atoms with Gasteiger partial charge in [-0.1, -0.05) is 12.1 Å². The Kier molecular flexibility index (Phi) is 5.72. The van der Waals surface area contributed by atoms with Crippen molar-refractivity contribution in [3.05, 3.63) is 51.7 Å². The number of anilines is 1. The van der Waals surface area contributed by atoms with Gasteiger partial charge in [0.15, 0.2) is 0 Å². The van der Waals surface area contributed by atoms with E-state index in [0.29, 0.717) is 17.7 Å². The molecule has 0 fully saturated rings. The minimum atomic E-state index is -0.159. The molecule has 2 rings (SSSR count). The van der Waals surface area contributed by atoms with E-state index in [2.05, 4.69) is 16.7 Å². The predicted octanol–water partition coefficient (Wildman–Crippen LogP) is 3.38. The summed E-state index contributed by atoms with van der Waals surface area (Å²) in [5.74, 6) is -0.179. The molecule has 0 aliphatic rings. The number of hydrogen-bond acceptors (Lipinski definition) is 3. The summed E-state index contributed by atoms with van der Waals surface area (Å²) in [6, 6.07) is 9.41. The van der Waals surface area contributed by atoms with Crippen molar-refractivity contribution in [2.24, 2.45) is 0 Å². The van der Waals surface area contributed by atoms with E-state index in [4.69, 9.17) is 0 Å². The SMILES string of the molecule is CNC(=O)c1ccc(C)c(NC(=O)CCCc2cccs2)c1. The van der Waals surface area contributed by atoms with Gasteiger partial charge in [-0.15, -0.1) is 11.3 Å². The van der Waals surface area contributed by atoms with Gasteiger partial charge >= 0.3 is 0 Å². The summed E-state index contributed by atoms with van der Waals surface area (Å²) in [4.78, 5) is 25.0. The van der Waals surface area contributed by atoms with E-state index >= 15 is 0 Å². The lowest BCUT2D eigenvalue weighted by Gasteiger charge is -2.10. The van der Waals surface area contributed by atoms with Crippen LogP contribution in [0.1, 0.15) is 33.6 Å². The van der Waals surface area contributed by atoms with Crippen molar-refractivity contribution in [2.75, 3.05) is 12.4 Å². The number of carbonyl (C=O) groups excluding carboxylic acids is 2. The zero-order valence-electron chi connectivity index (χ0n) is 12.8. The van der Waals surface area contributed by atoms with Crippen molar-refractivity contribution in [2.45, 2.75) is 26.2 Å². The minimum Gasteiger partial charge on any atom is -0.355 e. The van der Waals surface area contributed by atoms with Gasteiger partial charge in [-0.2, -0.15) is 0 Å². The molecule has 0 saturated heterocycles. The molecule has 116 valence electrons. The maximum absolute atomic E-state index is 12.0. The van der Waals surface area contributed by atoms with E-state index < -0.39 is 0 Å². The van der Waals surface area contributed by atoms with Crippen LogP contribution < -0.4 is 10.6 Å². The van der Waals surface area contributed by atoms with Crippen LogP contribution in [0.5, 0.6) is 0 Å². The first kappa shape index (κ1) is 16.2. The summed E-state index contributed by atoms with van der Waals surface area (Å²) in [5.41, 5.74) is 2.18. The first-order chi connectivity index (χ1) is 10.6. The Balaban J connectivity index is 1.91. The maximum Gasteiger partial charge on any atom is 0.251 e. The maximum atomic E-state index is 12.0. The second-order valence-corrected chi connectivity index (χ2v) is 6.12. The van der Waals surface area contributed by atoms with Crippen LogP contribution in [0.4, 0.5) is 5.69 Å². The highest BCUT2D eigenvalue weighted by Crippen LogP contribution is 2.18. The number of amides is 2. The van der Waals surface area contributed by atoms with Gasteiger partial charge in [-0.25, -0.2) is 0 Å². The quantitative estimate of drug-likeness (QED) is 0.858. The van der Waals surface area contributed by atoms with Crippen LogP contribution in [-0.2, 0) is 11.2 Å². The number of benzene rings is 1. The van der Waals surface area contributed by atoms with Crippen molar-refractivity contribution in [1.29, 1.82) is 0 Å². The molecule has 5 heteroatoms. The standard InChI is InChI=1S/C17H20N2O2S/c1-12-8-9-13(17(21)18-2)11-15(12)19-16(20)7-3-5-14-6-4-10-22-14/h4,6,8-11H,3,5,7H2,1-2H3,(H,18,21)(H,19,20). The molecule has 0 aliphatic heterocycles. The van der Waals surface area contributed by atoms with Gasteiger partial charge in [-0.05, 0) is 48.9 Å². The second kappa shape index (κ2) is 7.75.